The first-order valence-corrected chi connectivity index (χ1v) is 7.44. The fraction of sp³-hybridized carbons (Fsp3) is 0.250. The highest BCUT2D eigenvalue weighted by molar-refractivity contribution is 7.80. The van der Waals surface area contributed by atoms with Gasteiger partial charge in [-0.25, -0.2) is 4.98 Å². The van der Waals surface area contributed by atoms with Gasteiger partial charge in [0.2, 0.25) is 0 Å². The number of hydrogen-bond donors (Lipinski definition) is 1. The molecule has 0 aliphatic rings. The van der Waals surface area contributed by atoms with Crippen LogP contribution in [0.5, 0.6) is 0 Å². The average molecular weight is 320 g/mol. The van der Waals surface area contributed by atoms with Gasteiger partial charge in [-0.2, -0.15) is 0 Å². The molecule has 0 fully saturated rings. The highest BCUT2D eigenvalue weighted by atomic mass is 35.5. The first-order valence-electron chi connectivity index (χ1n) is 6.65. The summed E-state index contributed by atoms with van der Waals surface area (Å²) in [5.41, 5.74) is 8.87. The van der Waals surface area contributed by atoms with Gasteiger partial charge >= 0.3 is 0 Å². The van der Waals surface area contributed by atoms with Gasteiger partial charge in [-0.1, -0.05) is 36.0 Å². The van der Waals surface area contributed by atoms with E-state index in [1.54, 1.807) is 6.20 Å². The summed E-state index contributed by atoms with van der Waals surface area (Å²) < 4.78 is 0. The Morgan fingerprint density at radius 3 is 2.48 bits per heavy atom. The summed E-state index contributed by atoms with van der Waals surface area (Å²) in [4.78, 5) is 6.90. The minimum Gasteiger partial charge on any atom is -0.389 e. The summed E-state index contributed by atoms with van der Waals surface area (Å²) in [5, 5.41) is 0.728. The van der Waals surface area contributed by atoms with Crippen LogP contribution in [-0.4, -0.2) is 17.0 Å². The van der Waals surface area contributed by atoms with E-state index in [0.717, 1.165) is 27.5 Å². The van der Waals surface area contributed by atoms with E-state index in [2.05, 4.69) is 16.8 Å². The zero-order chi connectivity index (χ0) is 15.6. The molecule has 2 rings (SSSR count). The molecule has 1 aromatic heterocycles. The Bertz CT molecular complexity index is 655. The Labute approximate surface area is 135 Å². The van der Waals surface area contributed by atoms with Gasteiger partial charge in [0.05, 0.1) is 11.6 Å². The summed E-state index contributed by atoms with van der Waals surface area (Å²) in [6, 6.07) is 9.85. The first kappa shape index (κ1) is 15.7. The van der Waals surface area contributed by atoms with Crippen molar-refractivity contribution in [3.63, 3.8) is 0 Å². The Balaban J connectivity index is 2.40. The van der Waals surface area contributed by atoms with Gasteiger partial charge in [0.15, 0.2) is 0 Å². The quantitative estimate of drug-likeness (QED) is 0.869. The molecule has 1 unspecified atom stereocenters. The lowest BCUT2D eigenvalue weighted by atomic mass is 10.1. The smallest absolute Gasteiger partial charge is 0.139 e. The second kappa shape index (κ2) is 6.41. The number of anilines is 1. The van der Waals surface area contributed by atoms with Crippen molar-refractivity contribution in [1.29, 1.82) is 0 Å². The van der Waals surface area contributed by atoms with Gasteiger partial charge in [-0.05, 0) is 43.2 Å². The second-order valence-corrected chi connectivity index (χ2v) is 5.91. The number of aryl methyl sites for hydroxylation is 1. The lowest BCUT2D eigenvalue weighted by molar-refractivity contribution is 0.727. The van der Waals surface area contributed by atoms with Crippen molar-refractivity contribution in [2.75, 3.05) is 11.9 Å². The Hall–Kier alpha value is -1.65. The molecule has 2 N–H and O–H groups in total. The molecule has 0 aliphatic heterocycles. The van der Waals surface area contributed by atoms with E-state index >= 15 is 0 Å². The van der Waals surface area contributed by atoms with Crippen molar-refractivity contribution >= 4 is 34.6 Å². The first-order chi connectivity index (χ1) is 9.91. The third kappa shape index (κ3) is 3.34. The molecular weight excluding hydrogens is 302 g/mol. The van der Waals surface area contributed by atoms with Crippen LogP contribution in [0, 0.1) is 6.92 Å². The SMILES string of the molecule is Cc1ccnc(N(C)C(C)c2ccc(Cl)cc2)c1C(N)=S. The maximum absolute atomic E-state index is 5.94. The molecule has 0 amide bonds. The van der Waals surface area contributed by atoms with E-state index in [0.29, 0.717) is 4.99 Å². The molecule has 0 aliphatic carbocycles. The van der Waals surface area contributed by atoms with Gasteiger partial charge in [0, 0.05) is 18.3 Å². The molecule has 1 atom stereocenters. The zero-order valence-corrected chi connectivity index (χ0v) is 13.9. The minimum atomic E-state index is 0.129. The minimum absolute atomic E-state index is 0.129. The van der Waals surface area contributed by atoms with E-state index in [-0.39, 0.29) is 6.04 Å². The summed E-state index contributed by atoms with van der Waals surface area (Å²) in [5.74, 6) is 0.796. The molecule has 5 heteroatoms. The van der Waals surface area contributed by atoms with Crippen molar-refractivity contribution in [1.82, 2.24) is 4.98 Å². The van der Waals surface area contributed by atoms with Crippen LogP contribution in [0.25, 0.3) is 0 Å². The van der Waals surface area contributed by atoms with E-state index in [1.165, 1.54) is 0 Å². The summed E-state index contributed by atoms with van der Waals surface area (Å²) in [7, 11) is 1.99. The van der Waals surface area contributed by atoms with Gasteiger partial charge in [-0.3, -0.25) is 0 Å². The molecular formula is C16H18ClN3S. The summed E-state index contributed by atoms with van der Waals surface area (Å²) in [6.07, 6.45) is 1.78. The topological polar surface area (TPSA) is 42.2 Å². The standard InChI is InChI=1S/C16H18ClN3S/c1-10-8-9-19-16(14(10)15(18)21)20(3)11(2)12-4-6-13(17)7-5-12/h4-9,11H,1-3H3,(H2,18,21). The van der Waals surface area contributed by atoms with Crippen LogP contribution in [0.2, 0.25) is 5.02 Å². The number of aromatic nitrogens is 1. The third-order valence-corrected chi connectivity index (χ3v) is 4.11. The highest BCUT2D eigenvalue weighted by Gasteiger charge is 2.19. The van der Waals surface area contributed by atoms with Crippen molar-refractivity contribution in [3.8, 4) is 0 Å². The van der Waals surface area contributed by atoms with Crippen molar-refractivity contribution in [2.45, 2.75) is 19.9 Å². The van der Waals surface area contributed by atoms with E-state index in [9.17, 15) is 0 Å². The van der Waals surface area contributed by atoms with Gasteiger partial charge < -0.3 is 10.6 Å². The Morgan fingerprint density at radius 1 is 1.29 bits per heavy atom. The van der Waals surface area contributed by atoms with E-state index < -0.39 is 0 Å². The fourth-order valence-corrected chi connectivity index (χ4v) is 2.64. The maximum Gasteiger partial charge on any atom is 0.139 e. The van der Waals surface area contributed by atoms with Crippen molar-refractivity contribution in [3.05, 3.63) is 58.2 Å². The van der Waals surface area contributed by atoms with Crippen LogP contribution >= 0.6 is 23.8 Å². The largest absolute Gasteiger partial charge is 0.389 e. The van der Waals surface area contributed by atoms with Gasteiger partial charge in [0.1, 0.15) is 10.8 Å². The molecule has 0 saturated carbocycles. The average Bonchev–Trinajstić information content (AvgIpc) is 2.46. The van der Waals surface area contributed by atoms with Crippen molar-refractivity contribution in [2.24, 2.45) is 5.73 Å². The molecule has 0 saturated heterocycles. The number of nitrogens with two attached hydrogens (primary N) is 1. The van der Waals surface area contributed by atoms with E-state index in [1.807, 2.05) is 44.3 Å². The number of benzene rings is 1. The van der Waals surface area contributed by atoms with Crippen LogP contribution in [0.3, 0.4) is 0 Å². The number of thiocarbonyl (C=S) groups is 1. The van der Waals surface area contributed by atoms with Crippen LogP contribution < -0.4 is 10.6 Å². The third-order valence-electron chi connectivity index (χ3n) is 3.65. The summed E-state index contributed by atoms with van der Waals surface area (Å²) in [6.45, 7) is 4.09. The van der Waals surface area contributed by atoms with Gasteiger partial charge in [-0.15, -0.1) is 0 Å². The monoisotopic (exact) mass is 319 g/mol. The molecule has 1 aromatic carbocycles. The molecule has 110 valence electrons. The highest BCUT2D eigenvalue weighted by Crippen LogP contribution is 2.28. The molecule has 0 bridgehead atoms. The molecule has 1 heterocycles. The molecule has 3 nitrogen and oxygen atoms in total. The molecule has 0 spiro atoms. The predicted molar refractivity (Wildman–Crippen MR) is 93.1 cm³/mol. The lowest BCUT2D eigenvalue weighted by Crippen LogP contribution is -2.26. The number of pyridine rings is 1. The molecule has 21 heavy (non-hydrogen) atoms. The number of halogens is 1. The normalized spacial score (nSPS) is 12.0. The van der Waals surface area contributed by atoms with E-state index in [4.69, 9.17) is 29.6 Å². The van der Waals surface area contributed by atoms with Crippen LogP contribution in [-0.2, 0) is 0 Å². The predicted octanol–water partition coefficient (Wildman–Crippen LogP) is 3.88. The fourth-order valence-electron chi connectivity index (χ4n) is 2.26. The van der Waals surface area contributed by atoms with Crippen LogP contribution in [0.1, 0.15) is 29.7 Å². The Morgan fingerprint density at radius 2 is 1.90 bits per heavy atom. The Kier molecular flexibility index (Phi) is 4.80. The molecule has 2 aromatic rings. The zero-order valence-electron chi connectivity index (χ0n) is 12.3. The van der Waals surface area contributed by atoms with Gasteiger partial charge in [0.25, 0.3) is 0 Å². The second-order valence-electron chi connectivity index (χ2n) is 5.03. The number of hydrogen-bond acceptors (Lipinski definition) is 3. The molecule has 0 radical (unpaired) electrons. The maximum atomic E-state index is 5.94. The van der Waals surface area contributed by atoms with Crippen LogP contribution in [0.15, 0.2) is 36.5 Å². The van der Waals surface area contributed by atoms with Crippen LogP contribution in [0.4, 0.5) is 5.82 Å². The van der Waals surface area contributed by atoms with Crippen molar-refractivity contribution < 1.29 is 0 Å². The number of nitrogens with zero attached hydrogens (tertiary/aromatic N) is 2. The lowest BCUT2D eigenvalue weighted by Gasteiger charge is -2.28. The number of rotatable bonds is 4. The summed E-state index contributed by atoms with van der Waals surface area (Å²) >= 11 is 11.1.